The van der Waals surface area contributed by atoms with Gasteiger partial charge in [-0.25, -0.2) is 4.79 Å². The Bertz CT molecular complexity index is 797. The lowest BCUT2D eigenvalue weighted by Gasteiger charge is -2.16. The van der Waals surface area contributed by atoms with Crippen molar-refractivity contribution in [3.8, 4) is 0 Å². The van der Waals surface area contributed by atoms with Crippen molar-refractivity contribution in [2.24, 2.45) is 0 Å². The minimum atomic E-state index is -1.04. The topological polar surface area (TPSA) is 78.4 Å². The maximum atomic E-state index is 12.4. The molecule has 0 saturated carbocycles. The zero-order valence-electron chi connectivity index (χ0n) is 14.7. The first-order valence-electron chi connectivity index (χ1n) is 8.22. The fourth-order valence-electron chi connectivity index (χ4n) is 2.46. The normalized spacial score (nSPS) is 11.7. The fourth-order valence-corrected chi connectivity index (χ4v) is 3.42. The number of carbonyl (C=O) groups is 2. The fraction of sp³-hybridized carbons (Fsp3) is 0.263. The van der Waals surface area contributed by atoms with Gasteiger partial charge < -0.3 is 15.7 Å². The van der Waals surface area contributed by atoms with Crippen LogP contribution >= 0.6 is 35.0 Å². The number of carbonyl (C=O) groups excluding carboxylic acids is 1. The number of aliphatic carboxylic acids is 1. The molecule has 144 valence electrons. The van der Waals surface area contributed by atoms with Crippen LogP contribution in [0.2, 0.25) is 10.0 Å². The summed E-state index contributed by atoms with van der Waals surface area (Å²) < 4.78 is 0. The van der Waals surface area contributed by atoms with Crippen molar-refractivity contribution in [2.75, 3.05) is 17.3 Å². The standard InChI is InChI=1S/C19H20Cl2N2O3S/c1-27-10-9-16(19(25)26)22-17(24)11-12-5-2-3-8-15(12)23-18-13(20)6-4-7-14(18)21/h2-8,16,23H,9-11H2,1H3,(H,22,24)(H,25,26)/t16-/m0/s1. The second-order valence-corrected chi connectivity index (χ2v) is 7.60. The maximum Gasteiger partial charge on any atom is 0.326 e. The van der Waals surface area contributed by atoms with E-state index in [0.29, 0.717) is 39.2 Å². The molecule has 0 aliphatic heterocycles. The van der Waals surface area contributed by atoms with Crippen LogP contribution in [0.4, 0.5) is 11.4 Å². The van der Waals surface area contributed by atoms with Crippen LogP contribution in [0.5, 0.6) is 0 Å². The van der Waals surface area contributed by atoms with Gasteiger partial charge in [0, 0.05) is 5.69 Å². The first-order chi connectivity index (χ1) is 12.9. The number of amides is 1. The van der Waals surface area contributed by atoms with E-state index >= 15 is 0 Å². The second kappa shape index (κ2) is 10.4. The minimum Gasteiger partial charge on any atom is -0.480 e. The number of carboxylic acid groups (broad SMARTS) is 1. The van der Waals surface area contributed by atoms with E-state index in [2.05, 4.69) is 10.6 Å². The minimum absolute atomic E-state index is 0.0360. The number of nitrogens with one attached hydrogen (secondary N) is 2. The van der Waals surface area contributed by atoms with Crippen LogP contribution < -0.4 is 10.6 Å². The van der Waals surface area contributed by atoms with Crippen LogP contribution in [-0.2, 0) is 16.0 Å². The first-order valence-corrected chi connectivity index (χ1v) is 10.4. The molecule has 0 aliphatic carbocycles. The summed E-state index contributed by atoms with van der Waals surface area (Å²) in [5.41, 5.74) is 1.94. The van der Waals surface area contributed by atoms with E-state index in [9.17, 15) is 14.7 Å². The molecule has 0 aromatic heterocycles. The van der Waals surface area contributed by atoms with Crippen LogP contribution in [-0.4, -0.2) is 35.0 Å². The largest absolute Gasteiger partial charge is 0.480 e. The number of rotatable bonds is 9. The van der Waals surface area contributed by atoms with Gasteiger partial charge >= 0.3 is 5.97 Å². The predicted molar refractivity (Wildman–Crippen MR) is 112 cm³/mol. The van der Waals surface area contributed by atoms with Crippen molar-refractivity contribution in [2.45, 2.75) is 18.9 Å². The summed E-state index contributed by atoms with van der Waals surface area (Å²) in [5, 5.41) is 15.9. The molecule has 0 saturated heterocycles. The Hall–Kier alpha value is -1.89. The van der Waals surface area contributed by atoms with Gasteiger partial charge in [0.05, 0.1) is 22.2 Å². The van der Waals surface area contributed by atoms with E-state index in [1.165, 1.54) is 11.8 Å². The van der Waals surface area contributed by atoms with E-state index in [1.807, 2.05) is 24.5 Å². The third-order valence-electron chi connectivity index (χ3n) is 3.83. The van der Waals surface area contributed by atoms with E-state index in [-0.39, 0.29) is 12.3 Å². The zero-order chi connectivity index (χ0) is 19.8. The highest BCUT2D eigenvalue weighted by Gasteiger charge is 2.20. The third-order valence-corrected chi connectivity index (χ3v) is 5.11. The van der Waals surface area contributed by atoms with Crippen LogP contribution in [0, 0.1) is 0 Å². The number of hydrogen-bond donors (Lipinski definition) is 3. The summed E-state index contributed by atoms with van der Waals surface area (Å²) in [4.78, 5) is 23.7. The second-order valence-electron chi connectivity index (χ2n) is 5.80. The number of benzene rings is 2. The molecule has 2 aromatic carbocycles. The summed E-state index contributed by atoms with van der Waals surface area (Å²) in [6, 6.07) is 11.5. The Morgan fingerprint density at radius 3 is 2.41 bits per heavy atom. The smallest absolute Gasteiger partial charge is 0.326 e. The highest BCUT2D eigenvalue weighted by molar-refractivity contribution is 7.98. The van der Waals surface area contributed by atoms with Gasteiger partial charge in [-0.3, -0.25) is 4.79 Å². The Morgan fingerprint density at radius 1 is 1.11 bits per heavy atom. The van der Waals surface area contributed by atoms with Crippen LogP contribution in [0.1, 0.15) is 12.0 Å². The van der Waals surface area contributed by atoms with Gasteiger partial charge in [0.1, 0.15) is 6.04 Å². The molecule has 3 N–H and O–H groups in total. The highest BCUT2D eigenvalue weighted by Crippen LogP contribution is 2.33. The molecule has 27 heavy (non-hydrogen) atoms. The molecular weight excluding hydrogens is 407 g/mol. The van der Waals surface area contributed by atoms with Crippen molar-refractivity contribution in [1.29, 1.82) is 0 Å². The number of anilines is 2. The van der Waals surface area contributed by atoms with Crippen molar-refractivity contribution < 1.29 is 14.7 Å². The summed E-state index contributed by atoms with van der Waals surface area (Å²) >= 11 is 13.9. The quantitative estimate of drug-likeness (QED) is 0.545. The number of halogens is 2. The van der Waals surface area contributed by atoms with Gasteiger partial charge in [0.2, 0.25) is 5.91 Å². The lowest BCUT2D eigenvalue weighted by molar-refractivity contribution is -0.141. The lowest BCUT2D eigenvalue weighted by Crippen LogP contribution is -2.41. The van der Waals surface area contributed by atoms with Gasteiger partial charge in [-0.1, -0.05) is 47.5 Å². The Balaban J connectivity index is 2.13. The molecule has 8 heteroatoms. The molecule has 0 aliphatic rings. The van der Waals surface area contributed by atoms with Gasteiger partial charge in [-0.05, 0) is 42.2 Å². The molecule has 1 amide bonds. The van der Waals surface area contributed by atoms with Crippen LogP contribution in [0.3, 0.4) is 0 Å². The highest BCUT2D eigenvalue weighted by atomic mass is 35.5. The van der Waals surface area contributed by atoms with E-state index in [0.717, 1.165) is 0 Å². The molecule has 1 atom stereocenters. The zero-order valence-corrected chi connectivity index (χ0v) is 17.0. The number of para-hydroxylation sites is 2. The van der Waals surface area contributed by atoms with Crippen LogP contribution in [0.15, 0.2) is 42.5 Å². The molecule has 2 rings (SSSR count). The van der Waals surface area contributed by atoms with Gasteiger partial charge in [-0.2, -0.15) is 11.8 Å². The Kier molecular flexibility index (Phi) is 8.28. The molecule has 0 spiro atoms. The average Bonchev–Trinajstić information content (AvgIpc) is 2.63. The summed E-state index contributed by atoms with van der Waals surface area (Å²) in [6.07, 6.45) is 2.30. The summed E-state index contributed by atoms with van der Waals surface area (Å²) in [5.74, 6) is -0.741. The van der Waals surface area contributed by atoms with Gasteiger partial charge in [0.25, 0.3) is 0 Å². The molecule has 0 radical (unpaired) electrons. The first kappa shape index (κ1) is 21.4. The molecular formula is C19H20Cl2N2O3S. The molecule has 0 unspecified atom stereocenters. The lowest BCUT2D eigenvalue weighted by atomic mass is 10.1. The van der Waals surface area contributed by atoms with Crippen LogP contribution in [0.25, 0.3) is 0 Å². The van der Waals surface area contributed by atoms with Gasteiger partial charge in [-0.15, -0.1) is 0 Å². The monoisotopic (exact) mass is 426 g/mol. The van der Waals surface area contributed by atoms with Crippen molar-refractivity contribution in [3.05, 3.63) is 58.1 Å². The van der Waals surface area contributed by atoms with Crippen molar-refractivity contribution >= 4 is 58.2 Å². The van der Waals surface area contributed by atoms with Crippen molar-refractivity contribution in [3.63, 3.8) is 0 Å². The average molecular weight is 427 g/mol. The van der Waals surface area contributed by atoms with Crippen molar-refractivity contribution in [1.82, 2.24) is 5.32 Å². The molecule has 2 aromatic rings. The van der Waals surface area contributed by atoms with E-state index in [1.54, 1.807) is 24.3 Å². The predicted octanol–water partition coefficient (Wildman–Crippen LogP) is 4.60. The third kappa shape index (κ3) is 6.34. The Labute approximate surface area is 172 Å². The summed E-state index contributed by atoms with van der Waals surface area (Å²) in [7, 11) is 0. The molecule has 0 heterocycles. The molecule has 5 nitrogen and oxygen atoms in total. The maximum absolute atomic E-state index is 12.4. The summed E-state index contributed by atoms with van der Waals surface area (Å²) in [6.45, 7) is 0. The Morgan fingerprint density at radius 2 is 1.78 bits per heavy atom. The van der Waals surface area contributed by atoms with E-state index < -0.39 is 12.0 Å². The number of carboxylic acids is 1. The molecule has 0 bridgehead atoms. The number of hydrogen-bond acceptors (Lipinski definition) is 4. The van der Waals surface area contributed by atoms with E-state index in [4.69, 9.17) is 23.2 Å². The SMILES string of the molecule is CSCC[C@H](NC(=O)Cc1ccccc1Nc1c(Cl)cccc1Cl)C(=O)O. The number of thioether (sulfide) groups is 1. The van der Waals surface area contributed by atoms with Gasteiger partial charge in [0.15, 0.2) is 0 Å². The molecule has 0 fully saturated rings.